The van der Waals surface area contributed by atoms with Crippen molar-refractivity contribution >= 4 is 34.6 Å². The number of amides is 2. The average molecular weight is 371 g/mol. The molecule has 0 fully saturated rings. The molecule has 0 spiro atoms. The van der Waals surface area contributed by atoms with E-state index in [0.717, 1.165) is 11.4 Å². The first-order chi connectivity index (χ1) is 13.5. The standard InChI is InChI=1S/C21H17N5O2/c1-14(27)24-16-5-7-17(8-6-16)25-19-9-10-20(23-13-19)21(28)26-18-4-2-3-15(11-18)12-22/h2-11,13,25H,1H3,(H,24,27)(H,26,28). The fourth-order valence-corrected chi connectivity index (χ4v) is 2.47. The monoisotopic (exact) mass is 371 g/mol. The second-order valence-electron chi connectivity index (χ2n) is 5.96. The SMILES string of the molecule is CC(=O)Nc1ccc(Nc2ccc(C(=O)Nc3cccc(C#N)c3)nc2)cc1. The minimum Gasteiger partial charge on any atom is -0.354 e. The van der Waals surface area contributed by atoms with Gasteiger partial charge in [0.1, 0.15) is 5.69 Å². The van der Waals surface area contributed by atoms with E-state index in [9.17, 15) is 9.59 Å². The van der Waals surface area contributed by atoms with Crippen LogP contribution in [0, 0.1) is 11.3 Å². The number of hydrogen-bond donors (Lipinski definition) is 3. The maximum absolute atomic E-state index is 12.3. The summed E-state index contributed by atoms with van der Waals surface area (Å²) >= 11 is 0. The van der Waals surface area contributed by atoms with E-state index in [1.807, 2.05) is 18.2 Å². The Hall–Kier alpha value is -4.18. The van der Waals surface area contributed by atoms with E-state index in [2.05, 4.69) is 20.9 Å². The molecule has 3 N–H and O–H groups in total. The van der Waals surface area contributed by atoms with Gasteiger partial charge in [0.15, 0.2) is 0 Å². The van der Waals surface area contributed by atoms with Crippen LogP contribution in [0.5, 0.6) is 0 Å². The summed E-state index contributed by atoms with van der Waals surface area (Å²) in [5, 5.41) is 17.5. The number of carbonyl (C=O) groups is 2. The summed E-state index contributed by atoms with van der Waals surface area (Å²) < 4.78 is 0. The highest BCUT2D eigenvalue weighted by Gasteiger charge is 2.08. The summed E-state index contributed by atoms with van der Waals surface area (Å²) in [7, 11) is 0. The molecular formula is C21H17N5O2. The van der Waals surface area contributed by atoms with E-state index in [-0.39, 0.29) is 17.5 Å². The lowest BCUT2D eigenvalue weighted by atomic mass is 10.2. The van der Waals surface area contributed by atoms with Crippen molar-refractivity contribution in [2.24, 2.45) is 0 Å². The Balaban J connectivity index is 1.63. The van der Waals surface area contributed by atoms with Gasteiger partial charge in [-0.15, -0.1) is 0 Å². The van der Waals surface area contributed by atoms with Gasteiger partial charge in [-0.05, 0) is 54.6 Å². The van der Waals surface area contributed by atoms with Gasteiger partial charge in [-0.1, -0.05) is 6.07 Å². The number of aromatic nitrogens is 1. The summed E-state index contributed by atoms with van der Waals surface area (Å²) in [5.74, 6) is -0.487. The smallest absolute Gasteiger partial charge is 0.274 e. The molecule has 1 heterocycles. The molecule has 2 amide bonds. The molecular weight excluding hydrogens is 354 g/mol. The van der Waals surface area contributed by atoms with Gasteiger partial charge in [-0.3, -0.25) is 9.59 Å². The lowest BCUT2D eigenvalue weighted by Gasteiger charge is -2.09. The molecule has 0 aliphatic carbocycles. The van der Waals surface area contributed by atoms with Crippen molar-refractivity contribution in [1.82, 2.24) is 4.98 Å². The normalized spacial score (nSPS) is 9.86. The highest BCUT2D eigenvalue weighted by Crippen LogP contribution is 2.19. The van der Waals surface area contributed by atoms with Crippen LogP contribution in [-0.4, -0.2) is 16.8 Å². The van der Waals surface area contributed by atoms with Crippen LogP contribution in [0.1, 0.15) is 23.0 Å². The Kier molecular flexibility index (Phi) is 5.63. The summed E-state index contributed by atoms with van der Waals surface area (Å²) in [6.45, 7) is 1.45. The molecule has 1 aromatic heterocycles. The van der Waals surface area contributed by atoms with Gasteiger partial charge in [0.05, 0.1) is 23.5 Å². The number of anilines is 4. The molecule has 0 bridgehead atoms. The number of pyridine rings is 1. The molecule has 0 aliphatic heterocycles. The van der Waals surface area contributed by atoms with Crippen LogP contribution in [0.4, 0.5) is 22.7 Å². The van der Waals surface area contributed by atoms with Crippen molar-refractivity contribution in [2.45, 2.75) is 6.92 Å². The number of carbonyl (C=O) groups excluding carboxylic acids is 2. The molecule has 3 aromatic rings. The fourth-order valence-electron chi connectivity index (χ4n) is 2.47. The maximum Gasteiger partial charge on any atom is 0.274 e. The lowest BCUT2D eigenvalue weighted by molar-refractivity contribution is -0.114. The van der Waals surface area contributed by atoms with Crippen molar-refractivity contribution in [1.29, 1.82) is 5.26 Å². The summed E-state index contributed by atoms with van der Waals surface area (Å²) in [5.41, 5.74) is 3.51. The van der Waals surface area contributed by atoms with Crippen molar-refractivity contribution in [3.8, 4) is 6.07 Å². The molecule has 0 atom stereocenters. The average Bonchev–Trinajstić information content (AvgIpc) is 2.70. The number of benzene rings is 2. The van der Waals surface area contributed by atoms with Crippen LogP contribution in [0.2, 0.25) is 0 Å². The number of nitrogens with one attached hydrogen (secondary N) is 3. The van der Waals surface area contributed by atoms with Gasteiger partial charge in [0, 0.05) is 24.0 Å². The molecule has 0 aliphatic rings. The third-order valence-corrected chi connectivity index (χ3v) is 3.74. The van der Waals surface area contributed by atoms with Crippen molar-refractivity contribution in [3.05, 3.63) is 78.1 Å². The van der Waals surface area contributed by atoms with Crippen LogP contribution in [0.25, 0.3) is 0 Å². The second kappa shape index (κ2) is 8.47. The molecule has 0 radical (unpaired) electrons. The van der Waals surface area contributed by atoms with Crippen molar-refractivity contribution < 1.29 is 9.59 Å². The molecule has 2 aromatic carbocycles. The van der Waals surface area contributed by atoms with E-state index >= 15 is 0 Å². The van der Waals surface area contributed by atoms with Crippen LogP contribution in [0.3, 0.4) is 0 Å². The molecule has 7 heteroatoms. The second-order valence-corrected chi connectivity index (χ2v) is 5.96. The molecule has 138 valence electrons. The number of rotatable bonds is 5. The van der Waals surface area contributed by atoms with Crippen LogP contribution < -0.4 is 16.0 Å². The minimum atomic E-state index is -0.360. The van der Waals surface area contributed by atoms with Crippen LogP contribution in [-0.2, 0) is 4.79 Å². The zero-order valence-corrected chi connectivity index (χ0v) is 15.1. The minimum absolute atomic E-state index is 0.127. The van der Waals surface area contributed by atoms with Gasteiger partial charge in [-0.2, -0.15) is 5.26 Å². The van der Waals surface area contributed by atoms with Gasteiger partial charge in [-0.25, -0.2) is 4.98 Å². The van der Waals surface area contributed by atoms with Gasteiger partial charge in [0.2, 0.25) is 5.91 Å². The van der Waals surface area contributed by atoms with Gasteiger partial charge >= 0.3 is 0 Å². The summed E-state index contributed by atoms with van der Waals surface area (Å²) in [6, 6.07) is 19.3. The predicted molar refractivity (Wildman–Crippen MR) is 107 cm³/mol. The Morgan fingerprint density at radius 3 is 2.25 bits per heavy atom. The quantitative estimate of drug-likeness (QED) is 0.630. The van der Waals surface area contributed by atoms with Crippen molar-refractivity contribution in [3.63, 3.8) is 0 Å². The van der Waals surface area contributed by atoms with E-state index < -0.39 is 0 Å². The first-order valence-electron chi connectivity index (χ1n) is 8.46. The zero-order valence-electron chi connectivity index (χ0n) is 15.1. The Bertz CT molecular complexity index is 1040. The van der Waals surface area contributed by atoms with Gasteiger partial charge < -0.3 is 16.0 Å². The Morgan fingerprint density at radius 1 is 0.893 bits per heavy atom. The number of nitriles is 1. The molecule has 0 saturated heterocycles. The predicted octanol–water partition coefficient (Wildman–Crippen LogP) is 3.91. The fraction of sp³-hybridized carbons (Fsp3) is 0.0476. The molecule has 0 unspecified atom stereocenters. The number of hydrogen-bond acceptors (Lipinski definition) is 5. The zero-order chi connectivity index (χ0) is 19.9. The Labute approximate surface area is 162 Å². The summed E-state index contributed by atoms with van der Waals surface area (Å²) in [6.07, 6.45) is 1.56. The first-order valence-corrected chi connectivity index (χ1v) is 8.46. The van der Waals surface area contributed by atoms with Gasteiger partial charge in [0.25, 0.3) is 5.91 Å². The molecule has 0 saturated carbocycles. The van der Waals surface area contributed by atoms with E-state index in [4.69, 9.17) is 5.26 Å². The largest absolute Gasteiger partial charge is 0.354 e. The third-order valence-electron chi connectivity index (χ3n) is 3.74. The van der Waals surface area contributed by atoms with Crippen molar-refractivity contribution in [2.75, 3.05) is 16.0 Å². The first kappa shape index (κ1) is 18.6. The van der Waals surface area contributed by atoms with Crippen LogP contribution in [0.15, 0.2) is 66.9 Å². The lowest BCUT2D eigenvalue weighted by Crippen LogP contribution is -2.13. The van der Waals surface area contributed by atoms with E-state index in [1.165, 1.54) is 6.92 Å². The van der Waals surface area contributed by atoms with E-state index in [1.54, 1.807) is 54.7 Å². The third kappa shape index (κ3) is 4.93. The summed E-state index contributed by atoms with van der Waals surface area (Å²) in [4.78, 5) is 27.5. The molecule has 28 heavy (non-hydrogen) atoms. The van der Waals surface area contributed by atoms with Crippen LogP contribution >= 0.6 is 0 Å². The molecule has 7 nitrogen and oxygen atoms in total. The van der Waals surface area contributed by atoms with E-state index in [0.29, 0.717) is 16.9 Å². The number of nitrogens with zero attached hydrogens (tertiary/aromatic N) is 2. The molecule has 3 rings (SSSR count). The Morgan fingerprint density at radius 2 is 1.61 bits per heavy atom. The topological polar surface area (TPSA) is 107 Å². The maximum atomic E-state index is 12.3. The highest BCUT2D eigenvalue weighted by atomic mass is 16.2. The highest BCUT2D eigenvalue weighted by molar-refractivity contribution is 6.03.